The molecule has 11 heteroatoms. The molecule has 2 heterocycles. The van der Waals surface area contributed by atoms with Crippen LogP contribution in [0.3, 0.4) is 0 Å². The third-order valence-electron chi connectivity index (χ3n) is 4.06. The quantitative estimate of drug-likeness (QED) is 0.416. The van der Waals surface area contributed by atoms with E-state index in [1.54, 1.807) is 13.8 Å². The molecular formula is C20H21F3N4O4. The number of alkyl halides is 3. The summed E-state index contributed by atoms with van der Waals surface area (Å²) in [6, 6.07) is 2.80. The molecule has 0 aromatic carbocycles. The summed E-state index contributed by atoms with van der Waals surface area (Å²) < 4.78 is 38.5. The number of aliphatic hydroxyl groups is 1. The average molecular weight is 438 g/mol. The number of halogens is 3. The number of allylic oxidation sites excluding steroid dienone is 2. The Bertz CT molecular complexity index is 989. The maximum Gasteiger partial charge on any atom is 0.433 e. The molecule has 0 saturated carbocycles. The van der Waals surface area contributed by atoms with E-state index in [9.17, 15) is 33.0 Å². The van der Waals surface area contributed by atoms with Crippen LogP contribution in [0.25, 0.3) is 0 Å². The number of amides is 1. The molecule has 1 aliphatic rings. The smallest absolute Gasteiger partial charge is 0.433 e. The first kappa shape index (κ1) is 23.8. The van der Waals surface area contributed by atoms with Gasteiger partial charge in [0.15, 0.2) is 0 Å². The van der Waals surface area contributed by atoms with Gasteiger partial charge < -0.3 is 26.3 Å². The Labute approximate surface area is 175 Å². The summed E-state index contributed by atoms with van der Waals surface area (Å²) in [6.45, 7) is 3.20. The van der Waals surface area contributed by atoms with Crippen LogP contribution in [0.5, 0.6) is 0 Å². The number of carboxylic acids is 1. The predicted octanol–water partition coefficient (Wildman–Crippen LogP) is 2.74. The predicted molar refractivity (Wildman–Crippen MR) is 105 cm³/mol. The van der Waals surface area contributed by atoms with Crippen molar-refractivity contribution in [3.05, 3.63) is 64.9 Å². The van der Waals surface area contributed by atoms with Crippen molar-refractivity contribution in [3.63, 3.8) is 0 Å². The molecule has 2 rings (SSSR count). The van der Waals surface area contributed by atoms with Crippen molar-refractivity contribution in [2.24, 2.45) is 0 Å². The maximum absolute atomic E-state index is 12.8. The number of rotatable bonds is 7. The van der Waals surface area contributed by atoms with Crippen LogP contribution in [-0.2, 0) is 11.0 Å². The maximum atomic E-state index is 12.8. The topological polar surface area (TPSA) is 135 Å². The fraction of sp³-hybridized carbons (Fsp3) is 0.300. The van der Waals surface area contributed by atoms with Crippen LogP contribution >= 0.6 is 0 Å². The van der Waals surface area contributed by atoms with Gasteiger partial charge in [-0.1, -0.05) is 6.07 Å². The van der Waals surface area contributed by atoms with E-state index in [1.165, 1.54) is 12.2 Å². The van der Waals surface area contributed by atoms with Gasteiger partial charge >= 0.3 is 12.1 Å². The Morgan fingerprint density at radius 1 is 1.29 bits per heavy atom. The first-order valence-electron chi connectivity index (χ1n) is 9.05. The lowest BCUT2D eigenvalue weighted by Crippen LogP contribution is -2.30. The van der Waals surface area contributed by atoms with E-state index >= 15 is 0 Å². The number of carbonyl (C=O) groups is 2. The highest BCUT2D eigenvalue weighted by Crippen LogP contribution is 2.27. The number of nitrogens with zero attached hydrogens (tertiary/aromatic N) is 1. The molecule has 166 valence electrons. The van der Waals surface area contributed by atoms with Gasteiger partial charge in [-0.15, -0.1) is 0 Å². The monoisotopic (exact) mass is 438 g/mol. The molecule has 31 heavy (non-hydrogen) atoms. The van der Waals surface area contributed by atoms with Crippen molar-refractivity contribution in [1.29, 1.82) is 5.41 Å². The molecule has 1 aromatic rings. The summed E-state index contributed by atoms with van der Waals surface area (Å²) >= 11 is 0. The highest BCUT2D eigenvalue weighted by atomic mass is 19.4. The Balaban J connectivity index is 2.25. The summed E-state index contributed by atoms with van der Waals surface area (Å²) in [4.78, 5) is 27.1. The van der Waals surface area contributed by atoms with E-state index in [0.717, 1.165) is 18.3 Å². The number of pyridine rings is 1. The molecular weight excluding hydrogens is 417 g/mol. The van der Waals surface area contributed by atoms with Gasteiger partial charge in [0.2, 0.25) is 0 Å². The van der Waals surface area contributed by atoms with Gasteiger partial charge in [-0.2, -0.15) is 13.2 Å². The van der Waals surface area contributed by atoms with Crippen LogP contribution in [0.4, 0.5) is 13.2 Å². The molecule has 8 nitrogen and oxygen atoms in total. The second-order valence-electron chi connectivity index (χ2n) is 7.36. The second kappa shape index (κ2) is 9.13. The van der Waals surface area contributed by atoms with E-state index in [0.29, 0.717) is 12.5 Å². The molecule has 0 atom stereocenters. The fourth-order valence-corrected chi connectivity index (χ4v) is 2.48. The Morgan fingerprint density at radius 3 is 2.55 bits per heavy atom. The van der Waals surface area contributed by atoms with Crippen LogP contribution in [0, 0.1) is 5.41 Å². The third-order valence-corrected chi connectivity index (χ3v) is 4.06. The number of nitrogens with one attached hydrogen (secondary N) is 3. The number of hydrogen-bond donors (Lipinski definition) is 5. The summed E-state index contributed by atoms with van der Waals surface area (Å²) in [5.41, 5.74) is -2.86. The first-order chi connectivity index (χ1) is 14.3. The van der Waals surface area contributed by atoms with Gasteiger partial charge in [0.05, 0.1) is 16.9 Å². The largest absolute Gasteiger partial charge is 0.478 e. The van der Waals surface area contributed by atoms with E-state index < -0.39 is 35.0 Å². The van der Waals surface area contributed by atoms with Crippen molar-refractivity contribution < 1.29 is 33.0 Å². The Morgan fingerprint density at radius 2 is 1.97 bits per heavy atom. The molecule has 0 fully saturated rings. The number of carboxylic acid groups (broad SMARTS) is 1. The summed E-state index contributed by atoms with van der Waals surface area (Å²) in [7, 11) is 0. The number of carbonyl (C=O) groups excluding carboxylic acids is 1. The van der Waals surface area contributed by atoms with Crippen molar-refractivity contribution in [2.75, 3.05) is 0 Å². The molecule has 1 aliphatic heterocycles. The summed E-state index contributed by atoms with van der Waals surface area (Å²) in [5, 5.41) is 32.0. The number of hydrogen-bond acceptors (Lipinski definition) is 6. The zero-order valence-electron chi connectivity index (χ0n) is 16.7. The Hall–Kier alpha value is -3.47. The molecule has 0 bridgehead atoms. The lowest BCUT2D eigenvalue weighted by atomic mass is 10.00. The highest BCUT2D eigenvalue weighted by molar-refractivity contribution is 5.99. The minimum atomic E-state index is -4.74. The third kappa shape index (κ3) is 7.07. The Kier molecular flexibility index (Phi) is 7.01. The lowest BCUT2D eigenvalue weighted by molar-refractivity contribution is -0.141. The van der Waals surface area contributed by atoms with Gasteiger partial charge in [-0.05, 0) is 51.0 Å². The normalized spacial score (nSPS) is 15.6. The van der Waals surface area contributed by atoms with Crippen LogP contribution in [0.15, 0.2) is 53.5 Å². The number of dihydropyridines is 1. The molecule has 0 aliphatic carbocycles. The van der Waals surface area contributed by atoms with Crippen LogP contribution in [0.2, 0.25) is 0 Å². The minimum absolute atomic E-state index is 0.137. The van der Waals surface area contributed by atoms with E-state index in [2.05, 4.69) is 15.6 Å². The molecule has 0 unspecified atom stereocenters. The van der Waals surface area contributed by atoms with Crippen LogP contribution < -0.4 is 10.6 Å². The molecule has 0 radical (unpaired) electrons. The lowest BCUT2D eigenvalue weighted by Gasteiger charge is -2.18. The van der Waals surface area contributed by atoms with Gasteiger partial charge in [0.25, 0.3) is 5.91 Å². The van der Waals surface area contributed by atoms with Gasteiger partial charge in [0.1, 0.15) is 11.4 Å². The standard InChI is InChI=1S/C20H21F3N4O4/c1-19(2,31)7-6-11(24)8-12-9-15(13(10-25-12)18(29)30)27-17(28)14-4-3-5-16(26-14)20(21,22)23/h3-5,8-10,24-25,31H,6-7H2,1-2H3,(H,27,28)(H,29,30)/b12-8-,24-11?. The van der Waals surface area contributed by atoms with Crippen LogP contribution in [-0.4, -0.2) is 38.4 Å². The van der Waals surface area contributed by atoms with Crippen molar-refractivity contribution in [2.45, 2.75) is 38.5 Å². The molecule has 0 saturated heterocycles. The first-order valence-corrected chi connectivity index (χ1v) is 9.05. The highest BCUT2D eigenvalue weighted by Gasteiger charge is 2.33. The second-order valence-corrected chi connectivity index (χ2v) is 7.36. The number of aromatic nitrogens is 1. The summed E-state index contributed by atoms with van der Waals surface area (Å²) in [5.74, 6) is -2.41. The van der Waals surface area contributed by atoms with Gasteiger partial charge in [0, 0.05) is 17.6 Å². The fourth-order valence-electron chi connectivity index (χ4n) is 2.48. The van der Waals surface area contributed by atoms with E-state index in [1.807, 2.05) is 0 Å². The number of aliphatic carboxylic acids is 1. The van der Waals surface area contributed by atoms with E-state index in [-0.39, 0.29) is 29.1 Å². The van der Waals surface area contributed by atoms with Gasteiger partial charge in [-0.25, -0.2) is 9.78 Å². The molecule has 1 aromatic heterocycles. The van der Waals surface area contributed by atoms with Crippen molar-refractivity contribution >= 4 is 17.6 Å². The minimum Gasteiger partial charge on any atom is -0.478 e. The molecule has 1 amide bonds. The average Bonchev–Trinajstić information content (AvgIpc) is 2.65. The molecule has 5 N–H and O–H groups in total. The van der Waals surface area contributed by atoms with Crippen molar-refractivity contribution in [3.8, 4) is 0 Å². The zero-order chi connectivity index (χ0) is 23.4. The summed E-state index contributed by atoms with van der Waals surface area (Å²) in [6.07, 6.45) is -0.459. The SMILES string of the molecule is CC(C)(O)CCC(=N)/C=C1/C=C(NC(=O)c2cccc(C(F)(F)F)n2)C(C(=O)O)=CN1. The van der Waals surface area contributed by atoms with Gasteiger partial charge in [-0.3, -0.25) is 4.79 Å². The molecule has 0 spiro atoms. The van der Waals surface area contributed by atoms with Crippen LogP contribution in [0.1, 0.15) is 42.9 Å². The zero-order valence-corrected chi connectivity index (χ0v) is 16.7. The van der Waals surface area contributed by atoms with Crippen molar-refractivity contribution in [1.82, 2.24) is 15.6 Å². The van der Waals surface area contributed by atoms with E-state index in [4.69, 9.17) is 5.41 Å².